The lowest BCUT2D eigenvalue weighted by Crippen LogP contribution is -2.54. The minimum absolute atomic E-state index is 0.167. The second-order valence-corrected chi connectivity index (χ2v) is 26.6. The summed E-state index contributed by atoms with van der Waals surface area (Å²) in [6.07, 6.45) is 36.7. The Morgan fingerprint density at radius 3 is 1.27 bits per heavy atom. The number of hydrogen-bond acceptors (Lipinski definition) is 3. The van der Waals surface area contributed by atoms with Crippen LogP contribution in [0.1, 0.15) is 237 Å². The van der Waals surface area contributed by atoms with Crippen LogP contribution in [0.25, 0.3) is 0 Å². The molecule has 3 nitrogen and oxygen atoms in total. The van der Waals surface area contributed by atoms with Gasteiger partial charge in [-0.15, -0.1) is 0 Å². The zero-order valence-electron chi connectivity index (χ0n) is 43.3. The highest BCUT2D eigenvalue weighted by atomic mass is 16.5. The fourth-order valence-corrected chi connectivity index (χ4v) is 19.3. The van der Waals surface area contributed by atoms with E-state index in [0.29, 0.717) is 40.5 Å². The third-order valence-electron chi connectivity index (χ3n) is 22.6. The highest BCUT2D eigenvalue weighted by molar-refractivity contribution is 5.11. The van der Waals surface area contributed by atoms with Crippen LogP contribution in [0.4, 0.5) is 0 Å². The zero-order chi connectivity index (χ0) is 44.5. The summed E-state index contributed by atoms with van der Waals surface area (Å²) in [5, 5.41) is 9.15. The number of hydrogen-bond donors (Lipinski definition) is 1. The van der Waals surface area contributed by atoms with Crippen LogP contribution in [0.15, 0.2) is 0 Å². The van der Waals surface area contributed by atoms with Crippen molar-refractivity contribution in [2.75, 3.05) is 19.8 Å². The summed E-state index contributed by atoms with van der Waals surface area (Å²) in [6.45, 7) is 29.5. The minimum Gasteiger partial charge on any atom is -0.394 e. The van der Waals surface area contributed by atoms with Gasteiger partial charge in [-0.25, -0.2) is 0 Å². The molecule has 0 aliphatic heterocycles. The van der Waals surface area contributed by atoms with Gasteiger partial charge in [-0.1, -0.05) is 115 Å². The van der Waals surface area contributed by atoms with E-state index in [1.807, 2.05) is 0 Å². The topological polar surface area (TPSA) is 38.7 Å². The van der Waals surface area contributed by atoms with Gasteiger partial charge < -0.3 is 14.6 Å². The summed E-state index contributed by atoms with van der Waals surface area (Å²) in [5.41, 5.74) is 2.41. The summed E-state index contributed by atoms with van der Waals surface area (Å²) in [6, 6.07) is 0. The van der Waals surface area contributed by atoms with E-state index in [-0.39, 0.29) is 6.61 Å². The van der Waals surface area contributed by atoms with E-state index in [0.717, 1.165) is 89.5 Å². The fraction of sp³-hybridized carbons (Fsp3) is 1.00. The normalized spacial score (nSPS) is 45.8. The van der Waals surface area contributed by atoms with Crippen molar-refractivity contribution in [3.05, 3.63) is 0 Å². The van der Waals surface area contributed by atoms with Crippen molar-refractivity contribution < 1.29 is 14.6 Å². The molecule has 0 amide bonds. The molecule has 0 radical (unpaired) electrons. The zero-order valence-corrected chi connectivity index (χ0v) is 43.3. The molecule has 62 heavy (non-hydrogen) atoms. The van der Waals surface area contributed by atoms with Crippen LogP contribution in [0, 0.1) is 105 Å². The average molecular weight is 863 g/mol. The third kappa shape index (κ3) is 10.0. The van der Waals surface area contributed by atoms with Gasteiger partial charge in [0.05, 0.1) is 25.4 Å². The second kappa shape index (κ2) is 21.0. The molecule has 1 N–H and O–H groups in total. The predicted molar refractivity (Wildman–Crippen MR) is 263 cm³/mol. The fourth-order valence-electron chi connectivity index (χ4n) is 19.3. The monoisotopic (exact) mass is 863 g/mol. The molecule has 360 valence electrons. The van der Waals surface area contributed by atoms with Crippen molar-refractivity contribution in [3.63, 3.8) is 0 Å². The van der Waals surface area contributed by atoms with Crippen molar-refractivity contribution >= 4 is 0 Å². The number of ether oxygens (including phenoxy) is 2. The van der Waals surface area contributed by atoms with E-state index in [9.17, 15) is 0 Å². The third-order valence-corrected chi connectivity index (χ3v) is 22.6. The first-order valence-corrected chi connectivity index (χ1v) is 28.4. The molecule has 0 aromatic heterocycles. The lowest BCUT2D eigenvalue weighted by atomic mass is 9.44. The van der Waals surface area contributed by atoms with E-state index in [1.165, 1.54) is 154 Å². The Morgan fingerprint density at radius 1 is 0.468 bits per heavy atom. The molecule has 8 saturated carbocycles. The maximum Gasteiger partial charge on any atom is 0.0701 e. The molecule has 0 saturated heterocycles. The Labute approximate surface area is 386 Å². The molecule has 8 aliphatic rings. The molecule has 8 fully saturated rings. The molecule has 0 spiro atoms. The van der Waals surface area contributed by atoms with Crippen LogP contribution >= 0.6 is 0 Å². The molecular formula is C59H106O3. The molecule has 18 atom stereocenters. The van der Waals surface area contributed by atoms with Crippen LogP contribution in [-0.4, -0.2) is 37.1 Å². The van der Waals surface area contributed by atoms with Gasteiger partial charge in [-0.2, -0.15) is 0 Å². The van der Waals surface area contributed by atoms with E-state index < -0.39 is 0 Å². The van der Waals surface area contributed by atoms with Gasteiger partial charge in [0.25, 0.3) is 0 Å². The van der Waals surface area contributed by atoms with Crippen LogP contribution in [0.3, 0.4) is 0 Å². The summed E-state index contributed by atoms with van der Waals surface area (Å²) < 4.78 is 12.2. The summed E-state index contributed by atoms with van der Waals surface area (Å²) in [7, 11) is 0. The molecule has 0 unspecified atom stereocenters. The van der Waals surface area contributed by atoms with Gasteiger partial charge in [0.2, 0.25) is 0 Å². The summed E-state index contributed by atoms with van der Waals surface area (Å²) in [5.74, 6) is 13.3. The SMILES string of the molecule is CC(C)CCC[C@@H](C)[C@H]1CC[C@H]2[C@@H]3CC[C@H]4C[C@@H](OCCO)CC[C@]4(C)[C@H]3CC[C@]12C.CCCO[C@H]1CC[C@@]2(C)[C@@H](CC[C@@H]3[C@@H]2CC[C@]2(C)[C@@H]([C@H](C)CCCC(C)C)CC[C@@H]32)C1. The van der Waals surface area contributed by atoms with Gasteiger partial charge in [0.15, 0.2) is 0 Å². The van der Waals surface area contributed by atoms with E-state index in [2.05, 4.69) is 76.2 Å². The van der Waals surface area contributed by atoms with E-state index in [4.69, 9.17) is 14.6 Å². The lowest BCUT2D eigenvalue weighted by molar-refractivity contribution is -0.138. The lowest BCUT2D eigenvalue weighted by Gasteiger charge is -2.61. The largest absolute Gasteiger partial charge is 0.394 e. The van der Waals surface area contributed by atoms with Crippen LogP contribution < -0.4 is 0 Å². The highest BCUT2D eigenvalue weighted by Gasteiger charge is 2.62. The van der Waals surface area contributed by atoms with Crippen molar-refractivity contribution in [1.82, 2.24) is 0 Å². The Morgan fingerprint density at radius 2 is 0.871 bits per heavy atom. The quantitative estimate of drug-likeness (QED) is 0.168. The van der Waals surface area contributed by atoms with Gasteiger partial charge >= 0.3 is 0 Å². The summed E-state index contributed by atoms with van der Waals surface area (Å²) >= 11 is 0. The van der Waals surface area contributed by atoms with Gasteiger partial charge in [-0.3, -0.25) is 0 Å². The number of aliphatic hydroxyl groups is 1. The Kier molecular flexibility index (Phi) is 16.9. The van der Waals surface area contributed by atoms with Gasteiger partial charge in [0, 0.05) is 6.61 Å². The minimum atomic E-state index is 0.167. The van der Waals surface area contributed by atoms with Crippen LogP contribution in [-0.2, 0) is 9.47 Å². The number of aliphatic hydroxyl groups excluding tert-OH is 1. The Balaban J connectivity index is 0.000000186. The van der Waals surface area contributed by atoms with Crippen molar-refractivity contribution in [2.45, 2.75) is 249 Å². The van der Waals surface area contributed by atoms with Crippen molar-refractivity contribution in [1.29, 1.82) is 0 Å². The molecule has 0 heterocycles. The molecule has 8 rings (SSSR count). The Hall–Kier alpha value is -0.120. The molecule has 0 aromatic rings. The van der Waals surface area contributed by atoms with E-state index in [1.54, 1.807) is 6.42 Å². The molecule has 8 aliphatic carbocycles. The molecular weight excluding hydrogens is 757 g/mol. The predicted octanol–water partition coefficient (Wildman–Crippen LogP) is 16.4. The highest BCUT2D eigenvalue weighted by Crippen LogP contribution is 2.70. The van der Waals surface area contributed by atoms with Crippen molar-refractivity contribution in [3.8, 4) is 0 Å². The van der Waals surface area contributed by atoms with Crippen LogP contribution in [0.2, 0.25) is 0 Å². The first-order valence-electron chi connectivity index (χ1n) is 28.4. The molecule has 0 bridgehead atoms. The van der Waals surface area contributed by atoms with E-state index >= 15 is 0 Å². The average Bonchev–Trinajstić information content (AvgIpc) is 3.79. The smallest absolute Gasteiger partial charge is 0.0701 e. The Bertz CT molecular complexity index is 1270. The number of rotatable bonds is 16. The van der Waals surface area contributed by atoms with Crippen LogP contribution in [0.5, 0.6) is 0 Å². The maximum absolute atomic E-state index is 9.15. The second-order valence-electron chi connectivity index (χ2n) is 26.6. The number of fused-ring (bicyclic) bond motifs is 10. The summed E-state index contributed by atoms with van der Waals surface area (Å²) in [4.78, 5) is 0. The first-order chi connectivity index (χ1) is 29.6. The van der Waals surface area contributed by atoms with Gasteiger partial charge in [0.1, 0.15) is 0 Å². The maximum atomic E-state index is 9.15. The van der Waals surface area contributed by atoms with Crippen molar-refractivity contribution in [2.24, 2.45) is 105 Å². The van der Waals surface area contributed by atoms with Gasteiger partial charge in [-0.05, 0) is 227 Å². The molecule has 3 heteroatoms. The molecule has 0 aromatic carbocycles. The standard InChI is InChI=1S/C30H54O.C29H52O2/c1-7-19-31-24-15-17-29(5)23(20-24)11-12-25-27-14-13-26(22(4)10-8-9-21(2)3)30(27,6)18-16-28(25)29;1-20(2)7-6-8-21(3)25-11-12-26-24-10-9-22-19-23(31-18-17-30)13-15-28(22,4)27(24)14-16-29(25,26)5/h21-28H,7-20H2,1-6H3;20-27,30H,6-19H2,1-5H3/t22-,23+,24+,25+,26-,27+,28+,29+,30-;21-,22+,23+,24+,25-,26+,27+,28+,29-/m11/s1. The first kappa shape index (κ1) is 49.8.